The molecule has 1 saturated carbocycles. The molecule has 1 aromatic carbocycles. The number of aliphatic imine (C=N–C) groups is 1. The summed E-state index contributed by atoms with van der Waals surface area (Å²) in [6, 6.07) is 5.77. The lowest BCUT2D eigenvalue weighted by molar-refractivity contribution is 0.311. The number of halogens is 1. The van der Waals surface area contributed by atoms with E-state index in [-0.39, 0.29) is 24.0 Å². The molecule has 0 unspecified atom stereocenters. The quantitative estimate of drug-likeness (QED) is 0.434. The number of ether oxygens (including phenoxy) is 2. The summed E-state index contributed by atoms with van der Waals surface area (Å²) in [7, 11) is 3.41. The minimum atomic E-state index is 0. The van der Waals surface area contributed by atoms with Gasteiger partial charge < -0.3 is 20.1 Å². The molecule has 0 aromatic heterocycles. The highest BCUT2D eigenvalue weighted by Crippen LogP contribution is 2.30. The minimum absolute atomic E-state index is 0. The molecular formula is C15H24IN3O2. The maximum atomic E-state index is 5.50. The Hall–Kier alpha value is -1.18. The molecule has 0 aliphatic heterocycles. The molecule has 2 rings (SSSR count). The second kappa shape index (κ2) is 8.96. The Morgan fingerprint density at radius 2 is 2.10 bits per heavy atom. The van der Waals surface area contributed by atoms with Crippen LogP contribution in [0.1, 0.15) is 19.8 Å². The molecular weight excluding hydrogens is 381 g/mol. The fourth-order valence-corrected chi connectivity index (χ4v) is 1.90. The highest BCUT2D eigenvalue weighted by atomic mass is 127. The molecule has 0 spiro atoms. The lowest BCUT2D eigenvalue weighted by Crippen LogP contribution is -2.32. The van der Waals surface area contributed by atoms with E-state index in [1.807, 2.05) is 25.1 Å². The van der Waals surface area contributed by atoms with E-state index in [0.29, 0.717) is 6.61 Å². The molecule has 2 N–H and O–H groups in total. The number of guanidine groups is 1. The average Bonchev–Trinajstić information content (AvgIpc) is 3.29. The summed E-state index contributed by atoms with van der Waals surface area (Å²) in [4.78, 5) is 4.22. The maximum Gasteiger partial charge on any atom is 0.195 e. The second-order valence-corrected chi connectivity index (χ2v) is 4.82. The predicted octanol–water partition coefficient (Wildman–Crippen LogP) is 3.11. The zero-order valence-electron chi connectivity index (χ0n) is 12.8. The van der Waals surface area contributed by atoms with Crippen molar-refractivity contribution in [2.45, 2.75) is 19.8 Å². The number of rotatable bonds is 6. The Balaban J connectivity index is 0.00000220. The first-order chi connectivity index (χ1) is 9.76. The first-order valence-electron chi connectivity index (χ1n) is 7.05. The number of hydrogen-bond acceptors (Lipinski definition) is 3. The van der Waals surface area contributed by atoms with Crippen LogP contribution in [0, 0.1) is 5.92 Å². The number of nitrogens with zero attached hydrogens (tertiary/aromatic N) is 1. The van der Waals surface area contributed by atoms with Crippen LogP contribution in [-0.4, -0.2) is 33.3 Å². The molecule has 118 valence electrons. The minimum Gasteiger partial charge on any atom is -0.493 e. The summed E-state index contributed by atoms with van der Waals surface area (Å²) in [5.41, 5.74) is 0.925. The highest BCUT2D eigenvalue weighted by molar-refractivity contribution is 14.0. The van der Waals surface area contributed by atoms with Crippen molar-refractivity contribution in [1.29, 1.82) is 0 Å². The van der Waals surface area contributed by atoms with Crippen molar-refractivity contribution in [3.63, 3.8) is 0 Å². The number of benzene rings is 1. The molecule has 1 aliphatic carbocycles. The first kappa shape index (κ1) is 17.9. The van der Waals surface area contributed by atoms with E-state index in [2.05, 4.69) is 15.6 Å². The van der Waals surface area contributed by atoms with Gasteiger partial charge in [-0.1, -0.05) is 0 Å². The van der Waals surface area contributed by atoms with Gasteiger partial charge in [0.05, 0.1) is 13.7 Å². The molecule has 0 bridgehead atoms. The van der Waals surface area contributed by atoms with Gasteiger partial charge in [0.25, 0.3) is 0 Å². The van der Waals surface area contributed by atoms with E-state index in [0.717, 1.165) is 35.6 Å². The van der Waals surface area contributed by atoms with Crippen LogP contribution in [-0.2, 0) is 0 Å². The Morgan fingerprint density at radius 1 is 1.33 bits per heavy atom. The first-order valence-corrected chi connectivity index (χ1v) is 7.05. The van der Waals surface area contributed by atoms with Gasteiger partial charge in [0, 0.05) is 25.3 Å². The molecule has 5 nitrogen and oxygen atoms in total. The lowest BCUT2D eigenvalue weighted by atomic mass is 10.2. The fourth-order valence-electron chi connectivity index (χ4n) is 1.90. The van der Waals surface area contributed by atoms with E-state index in [9.17, 15) is 0 Å². The molecule has 0 atom stereocenters. The zero-order valence-corrected chi connectivity index (χ0v) is 15.1. The van der Waals surface area contributed by atoms with Crippen LogP contribution in [0.15, 0.2) is 23.2 Å². The van der Waals surface area contributed by atoms with Crippen molar-refractivity contribution >= 4 is 35.6 Å². The van der Waals surface area contributed by atoms with Crippen LogP contribution in [0.25, 0.3) is 0 Å². The molecule has 1 aromatic rings. The summed E-state index contributed by atoms with van der Waals surface area (Å²) in [6.45, 7) is 3.55. The normalized spacial score (nSPS) is 14.1. The molecule has 1 fully saturated rings. The second-order valence-electron chi connectivity index (χ2n) is 4.82. The number of nitrogens with one attached hydrogen (secondary N) is 2. The Bertz CT molecular complexity index is 476. The van der Waals surface area contributed by atoms with E-state index >= 15 is 0 Å². The van der Waals surface area contributed by atoms with Crippen molar-refractivity contribution in [3.05, 3.63) is 18.2 Å². The monoisotopic (exact) mass is 405 g/mol. The maximum absolute atomic E-state index is 5.50. The largest absolute Gasteiger partial charge is 0.493 e. The zero-order chi connectivity index (χ0) is 14.4. The van der Waals surface area contributed by atoms with Crippen LogP contribution in [0.4, 0.5) is 5.69 Å². The van der Waals surface area contributed by atoms with Gasteiger partial charge in [-0.25, -0.2) is 0 Å². The third-order valence-corrected chi connectivity index (χ3v) is 3.20. The summed E-state index contributed by atoms with van der Waals surface area (Å²) < 4.78 is 10.8. The number of hydrogen-bond donors (Lipinski definition) is 2. The van der Waals surface area contributed by atoms with E-state index in [1.165, 1.54) is 12.8 Å². The topological polar surface area (TPSA) is 54.9 Å². The third kappa shape index (κ3) is 5.61. The van der Waals surface area contributed by atoms with Crippen LogP contribution < -0.4 is 20.1 Å². The van der Waals surface area contributed by atoms with Gasteiger partial charge in [0.1, 0.15) is 0 Å². The van der Waals surface area contributed by atoms with Gasteiger partial charge in [-0.2, -0.15) is 0 Å². The van der Waals surface area contributed by atoms with Gasteiger partial charge >= 0.3 is 0 Å². The van der Waals surface area contributed by atoms with Crippen molar-refractivity contribution in [3.8, 4) is 11.5 Å². The molecule has 0 heterocycles. The van der Waals surface area contributed by atoms with Crippen molar-refractivity contribution < 1.29 is 9.47 Å². The van der Waals surface area contributed by atoms with Crippen molar-refractivity contribution in [1.82, 2.24) is 5.32 Å². The van der Waals surface area contributed by atoms with Crippen LogP contribution in [0.3, 0.4) is 0 Å². The third-order valence-electron chi connectivity index (χ3n) is 3.20. The summed E-state index contributed by atoms with van der Waals surface area (Å²) in [6.07, 6.45) is 2.64. The van der Waals surface area contributed by atoms with Gasteiger partial charge in [-0.15, -0.1) is 24.0 Å². The lowest BCUT2D eigenvalue weighted by Gasteiger charge is -2.14. The molecule has 0 saturated heterocycles. The summed E-state index contributed by atoms with van der Waals surface area (Å²) in [5, 5.41) is 6.58. The van der Waals surface area contributed by atoms with E-state index in [4.69, 9.17) is 9.47 Å². The van der Waals surface area contributed by atoms with Crippen molar-refractivity contribution in [2.24, 2.45) is 10.9 Å². The molecule has 6 heteroatoms. The fraction of sp³-hybridized carbons (Fsp3) is 0.533. The number of methoxy groups -OCH3 is 1. The Labute approximate surface area is 143 Å². The van der Waals surface area contributed by atoms with Crippen LogP contribution in [0.5, 0.6) is 11.5 Å². The molecule has 21 heavy (non-hydrogen) atoms. The van der Waals surface area contributed by atoms with Gasteiger partial charge in [0.15, 0.2) is 17.5 Å². The predicted molar refractivity (Wildman–Crippen MR) is 97.3 cm³/mol. The smallest absolute Gasteiger partial charge is 0.195 e. The number of anilines is 1. The van der Waals surface area contributed by atoms with Crippen molar-refractivity contribution in [2.75, 3.05) is 32.6 Å². The Morgan fingerprint density at radius 3 is 2.67 bits per heavy atom. The molecule has 0 radical (unpaired) electrons. The van der Waals surface area contributed by atoms with Gasteiger partial charge in [-0.3, -0.25) is 4.99 Å². The van der Waals surface area contributed by atoms with Crippen LogP contribution >= 0.6 is 24.0 Å². The summed E-state index contributed by atoms with van der Waals surface area (Å²) >= 11 is 0. The Kier molecular flexibility index (Phi) is 7.63. The standard InChI is InChI=1S/C15H23N3O2.HI/c1-4-20-13-8-7-12(9-14(13)19-3)18-15(16-2)17-10-11-5-6-11;/h7-9,11H,4-6,10H2,1-3H3,(H2,16,17,18);1H. The summed E-state index contributed by atoms with van der Waals surface area (Å²) in [5.74, 6) is 3.06. The highest BCUT2D eigenvalue weighted by Gasteiger charge is 2.21. The molecule has 0 amide bonds. The van der Waals surface area contributed by atoms with E-state index in [1.54, 1.807) is 14.2 Å². The van der Waals surface area contributed by atoms with E-state index < -0.39 is 0 Å². The van der Waals surface area contributed by atoms with Crippen LogP contribution in [0.2, 0.25) is 0 Å². The SMILES string of the molecule is CCOc1ccc(NC(=NC)NCC2CC2)cc1OC.I. The molecule has 1 aliphatic rings. The average molecular weight is 405 g/mol. The van der Waals surface area contributed by atoms with Gasteiger partial charge in [-0.05, 0) is 37.8 Å². The van der Waals surface area contributed by atoms with Gasteiger partial charge in [0.2, 0.25) is 0 Å².